The highest BCUT2D eigenvalue weighted by atomic mass is 35.5. The van der Waals surface area contributed by atoms with Crippen molar-refractivity contribution in [2.24, 2.45) is 17.3 Å². The number of morpholine rings is 1. The zero-order chi connectivity index (χ0) is 47.0. The van der Waals surface area contributed by atoms with Crippen LogP contribution in [0, 0.1) is 31.1 Å². The number of fused-ring (bicyclic) bond motifs is 3. The third-order valence-electron chi connectivity index (χ3n) is 14.8. The first-order chi connectivity index (χ1) is 32.8. The molecular weight excluding hydrogens is 918 g/mol. The Balaban J connectivity index is 0.959. The number of piperidine rings is 2. The zero-order valence-electron chi connectivity index (χ0n) is 39.2. The van der Waals surface area contributed by atoms with Crippen LogP contribution < -0.4 is 35.5 Å². The van der Waals surface area contributed by atoms with Gasteiger partial charge in [0, 0.05) is 102 Å². The molecule has 3 unspecified atom stereocenters. The van der Waals surface area contributed by atoms with Gasteiger partial charge in [-0.25, -0.2) is 0 Å². The monoisotopic (exact) mass is 976 g/mol. The van der Waals surface area contributed by atoms with E-state index in [9.17, 15) is 14.4 Å². The largest absolute Gasteiger partial charge is 0.488 e. The number of aromatic nitrogens is 3. The second-order valence-electron chi connectivity index (χ2n) is 19.8. The van der Waals surface area contributed by atoms with Gasteiger partial charge >= 0.3 is 0 Å². The maximum atomic E-state index is 13.3. The molecule has 4 N–H and O–H groups in total. The summed E-state index contributed by atoms with van der Waals surface area (Å²) in [4.78, 5) is 50.3. The Hall–Kier alpha value is -4.94. The molecule has 17 heteroatoms. The third kappa shape index (κ3) is 8.28. The molecule has 1 aromatic carbocycles. The highest BCUT2D eigenvalue weighted by Crippen LogP contribution is 2.63. The van der Waals surface area contributed by atoms with Crippen molar-refractivity contribution in [3.63, 3.8) is 0 Å². The molecule has 0 spiro atoms. The molecule has 6 aromatic rings. The van der Waals surface area contributed by atoms with E-state index in [1.807, 2.05) is 38.2 Å². The quantitative estimate of drug-likeness (QED) is 0.0782. The van der Waals surface area contributed by atoms with E-state index in [1.54, 1.807) is 22.7 Å². The van der Waals surface area contributed by atoms with Gasteiger partial charge in [0.25, 0.3) is 0 Å². The van der Waals surface area contributed by atoms with E-state index in [4.69, 9.17) is 26.1 Å². The lowest BCUT2D eigenvalue weighted by atomic mass is 10.0. The summed E-state index contributed by atoms with van der Waals surface area (Å²) in [5, 5.41) is 14.1. The number of piperazine rings is 1. The van der Waals surface area contributed by atoms with E-state index in [2.05, 4.69) is 86.7 Å². The number of thiophene rings is 2. The van der Waals surface area contributed by atoms with Gasteiger partial charge in [0.05, 0.1) is 65.3 Å². The maximum Gasteiger partial charge on any atom is 0.237 e. The molecule has 5 aliphatic rings. The van der Waals surface area contributed by atoms with Crippen LogP contribution in [0.4, 0.5) is 5.69 Å². The number of ether oxygens (including phenoxy) is 2. The first-order valence-electron chi connectivity index (χ1n) is 23.9. The van der Waals surface area contributed by atoms with Gasteiger partial charge in [-0.15, -0.1) is 22.7 Å². The zero-order valence-corrected chi connectivity index (χ0v) is 41.6. The van der Waals surface area contributed by atoms with E-state index in [0.29, 0.717) is 37.8 Å². The summed E-state index contributed by atoms with van der Waals surface area (Å²) >= 11 is 10.2. The van der Waals surface area contributed by atoms with Gasteiger partial charge in [-0.1, -0.05) is 25.4 Å². The molecule has 356 valence electrons. The molecule has 4 aliphatic heterocycles. The number of carbonyl (C=O) groups excluding carboxylic acids is 3. The van der Waals surface area contributed by atoms with E-state index >= 15 is 0 Å². The van der Waals surface area contributed by atoms with Gasteiger partial charge in [0.1, 0.15) is 16.6 Å². The van der Waals surface area contributed by atoms with Gasteiger partial charge in [-0.3, -0.25) is 24.3 Å². The van der Waals surface area contributed by atoms with Gasteiger partial charge in [0.2, 0.25) is 29.9 Å². The molecule has 1 aliphatic carbocycles. The number of nitrogens with one attached hydrogen (secondary N) is 4. The number of hydrogen-bond acceptors (Lipinski definition) is 12. The Morgan fingerprint density at radius 2 is 1.75 bits per heavy atom. The highest BCUT2D eigenvalue weighted by molar-refractivity contribution is 7.20. The summed E-state index contributed by atoms with van der Waals surface area (Å²) in [6, 6.07) is 14.5. The fourth-order valence-electron chi connectivity index (χ4n) is 11.1. The summed E-state index contributed by atoms with van der Waals surface area (Å²) in [5.74, 6) is 0.336. The second-order valence-corrected chi connectivity index (χ2v) is 22.5. The molecule has 11 rings (SSSR count). The van der Waals surface area contributed by atoms with Crippen LogP contribution in [-0.2, 0) is 45.3 Å². The molecule has 3 amide bonds. The number of nitrogens with zero attached hydrogens (tertiary/aromatic N) is 5. The van der Waals surface area contributed by atoms with Crippen molar-refractivity contribution in [2.45, 2.75) is 85.0 Å². The number of likely N-dealkylation sites (tertiary alicyclic amines) is 1. The van der Waals surface area contributed by atoms with Crippen LogP contribution in [0.3, 0.4) is 0 Å². The number of imide groups is 1. The molecule has 68 heavy (non-hydrogen) atoms. The van der Waals surface area contributed by atoms with Crippen LogP contribution in [-0.4, -0.2) is 103 Å². The standard InChI is InChI=1S/C51H58ClN9O5S2/c1-28-17-30(52)18-37(45(28)66-31-7-6-10-53-23-31)35-9-15-59(42-21-33(67-47(35)42)19-39-48(62)57-13-12-56-39)27-58(5)40-22-41(60(29(40)2)25-32-24-54-14-16-65-32)36-8-11-55-38-20-34(68-46(36)38)26-61-49(63)43-44(50(61)64)51(43,3)4/h8-9,11,15,17-18,20-22,31-32,39,43-44,53-54,56H,6-7,10,12-14,16,19,23-27H2,1-5H3/p+1/t31-,32-,39?,43?,44?/m0/s1. The average molecular weight is 978 g/mol. The molecule has 5 fully saturated rings. The minimum absolute atomic E-state index is 0.0178. The van der Waals surface area contributed by atoms with Crippen LogP contribution >= 0.6 is 34.3 Å². The van der Waals surface area contributed by atoms with Crippen molar-refractivity contribution in [3.05, 3.63) is 80.9 Å². The van der Waals surface area contributed by atoms with Gasteiger partial charge in [0.15, 0.2) is 6.20 Å². The van der Waals surface area contributed by atoms with Crippen molar-refractivity contribution in [2.75, 3.05) is 57.8 Å². The first kappa shape index (κ1) is 45.5. The molecule has 5 atom stereocenters. The summed E-state index contributed by atoms with van der Waals surface area (Å²) in [7, 11) is 2.14. The van der Waals surface area contributed by atoms with Crippen molar-refractivity contribution < 1.29 is 28.4 Å². The molecule has 14 nitrogen and oxygen atoms in total. The van der Waals surface area contributed by atoms with E-state index in [1.165, 1.54) is 4.90 Å². The Morgan fingerprint density at radius 3 is 2.51 bits per heavy atom. The third-order valence-corrected chi connectivity index (χ3v) is 17.3. The number of benzene rings is 1. The lowest BCUT2D eigenvalue weighted by molar-refractivity contribution is -0.669. The van der Waals surface area contributed by atoms with Crippen molar-refractivity contribution in [1.82, 2.24) is 35.7 Å². The fourth-order valence-corrected chi connectivity index (χ4v) is 13.7. The van der Waals surface area contributed by atoms with E-state index in [-0.39, 0.29) is 59.8 Å². The normalized spacial score (nSPS) is 23.6. The van der Waals surface area contributed by atoms with Crippen LogP contribution in [0.25, 0.3) is 42.8 Å². The van der Waals surface area contributed by atoms with Gasteiger partial charge < -0.3 is 40.2 Å². The van der Waals surface area contributed by atoms with E-state index < -0.39 is 0 Å². The van der Waals surface area contributed by atoms with Crippen LogP contribution in [0.15, 0.2) is 54.9 Å². The molecule has 9 heterocycles. The number of pyridine rings is 2. The van der Waals surface area contributed by atoms with Gasteiger partial charge in [-0.2, -0.15) is 4.57 Å². The number of carbonyl (C=O) groups is 3. The minimum Gasteiger partial charge on any atom is -0.488 e. The lowest BCUT2D eigenvalue weighted by Crippen LogP contribution is -2.53. The predicted molar refractivity (Wildman–Crippen MR) is 267 cm³/mol. The summed E-state index contributed by atoms with van der Waals surface area (Å²) < 4.78 is 19.9. The topological polar surface area (TPSA) is 146 Å². The Labute approximate surface area is 409 Å². The number of anilines is 1. The van der Waals surface area contributed by atoms with Crippen molar-refractivity contribution in [1.29, 1.82) is 0 Å². The second kappa shape index (κ2) is 18.1. The van der Waals surface area contributed by atoms with Crippen LogP contribution in [0.5, 0.6) is 5.75 Å². The molecule has 4 saturated heterocycles. The summed E-state index contributed by atoms with van der Waals surface area (Å²) in [6.07, 6.45) is 6.68. The van der Waals surface area contributed by atoms with Crippen molar-refractivity contribution in [3.8, 4) is 28.1 Å². The fraction of sp³-hybridized carbons (Fsp3) is 0.471. The molecule has 0 bridgehead atoms. The molecular formula is C51H59ClN9O5S2+. The van der Waals surface area contributed by atoms with Crippen LogP contribution in [0.2, 0.25) is 5.02 Å². The smallest absolute Gasteiger partial charge is 0.237 e. The first-order valence-corrected chi connectivity index (χ1v) is 26.0. The number of aryl methyl sites for hydroxylation is 1. The molecule has 1 saturated carbocycles. The number of rotatable bonds is 13. The summed E-state index contributed by atoms with van der Waals surface area (Å²) in [5.41, 5.74) is 8.93. The minimum atomic E-state index is -0.311. The number of hydrogen-bond donors (Lipinski definition) is 4. The summed E-state index contributed by atoms with van der Waals surface area (Å²) in [6.45, 7) is 15.1. The highest BCUT2D eigenvalue weighted by Gasteiger charge is 2.72. The Morgan fingerprint density at radius 1 is 0.941 bits per heavy atom. The van der Waals surface area contributed by atoms with E-state index in [0.717, 1.165) is 121 Å². The number of halogens is 1. The maximum absolute atomic E-state index is 13.3. The molecule has 0 radical (unpaired) electrons. The Bertz CT molecular complexity index is 2950. The predicted octanol–water partition coefficient (Wildman–Crippen LogP) is 6.19. The van der Waals surface area contributed by atoms with Gasteiger partial charge in [-0.05, 0) is 74.5 Å². The average Bonchev–Trinajstić information content (AvgIpc) is 3.83. The number of amides is 3. The van der Waals surface area contributed by atoms with Crippen LogP contribution in [0.1, 0.15) is 47.7 Å². The van der Waals surface area contributed by atoms with Crippen molar-refractivity contribution >= 4 is 78.1 Å². The molecule has 5 aromatic heterocycles. The Kier molecular flexibility index (Phi) is 12.1. The lowest BCUT2D eigenvalue weighted by Gasteiger charge is -2.26. The SMILES string of the molecule is Cc1cc(Cl)cc(-c2cc[n+](CN(C)c3cc(-c4ccnc5cc(CN6C(=O)C7C(C6=O)C7(C)C)sc45)n(C[C@@H]4CNCCO4)c3C)c3cc(CC4NCCNC4=O)sc23)c1O[C@H]1CCCNC1.